The van der Waals surface area contributed by atoms with Crippen molar-refractivity contribution in [2.24, 2.45) is 0 Å². The molecule has 9 nitrogen and oxygen atoms in total. The molecule has 9 heteroatoms. The number of aromatic nitrogens is 3. The Labute approximate surface area is 251 Å². The second-order valence-electron chi connectivity index (χ2n) is 11.4. The molecule has 0 radical (unpaired) electrons. The highest BCUT2D eigenvalue weighted by Gasteiger charge is 2.22. The van der Waals surface area contributed by atoms with Crippen LogP contribution in [0.5, 0.6) is 5.75 Å². The van der Waals surface area contributed by atoms with Crippen molar-refractivity contribution in [1.82, 2.24) is 14.8 Å². The lowest BCUT2D eigenvalue weighted by Crippen LogP contribution is -2.21. The number of carbonyl (C=O) groups excluding carboxylic acids is 2. The lowest BCUT2D eigenvalue weighted by Gasteiger charge is -2.15. The number of hydrogen-bond donors (Lipinski definition) is 3. The van der Waals surface area contributed by atoms with E-state index in [4.69, 9.17) is 9.84 Å². The van der Waals surface area contributed by atoms with Crippen LogP contribution in [0.3, 0.4) is 0 Å². The van der Waals surface area contributed by atoms with E-state index < -0.39 is 0 Å². The summed E-state index contributed by atoms with van der Waals surface area (Å²) >= 11 is 0. The van der Waals surface area contributed by atoms with Crippen molar-refractivity contribution in [2.45, 2.75) is 53.1 Å². The maximum Gasteiger partial charge on any atom is 0.324 e. The summed E-state index contributed by atoms with van der Waals surface area (Å²) in [7, 11) is 0. The summed E-state index contributed by atoms with van der Waals surface area (Å²) in [5.41, 5.74) is 4.18. The van der Waals surface area contributed by atoms with Gasteiger partial charge in [-0.25, -0.2) is 14.5 Å². The zero-order valence-electron chi connectivity index (χ0n) is 25.1. The molecule has 3 N–H and O–H groups in total. The fourth-order valence-corrected chi connectivity index (χ4v) is 4.52. The number of nitrogens with one attached hydrogen (secondary N) is 3. The lowest BCUT2D eigenvalue weighted by atomic mass is 9.92. The molecule has 0 spiro atoms. The van der Waals surface area contributed by atoms with Gasteiger partial charge in [-0.05, 0) is 48.9 Å². The standard InChI is InChI=1S/C34H36N6O3/c1-6-32(41)37-30-19-23(17-18-35-30)21-43-28-16-15-27(25-9-7-8-10-26(25)28)36-33(42)38-31-20-29(34(3,4)5)39-40(31)24-13-11-22(2)12-14-24/h7-20H,6,21H2,1-5H3,(H,35,37,41)(H2,36,38,42). The van der Waals surface area contributed by atoms with Crippen LogP contribution in [-0.2, 0) is 16.8 Å². The molecule has 0 saturated carbocycles. The first-order chi connectivity index (χ1) is 20.6. The molecule has 5 aromatic rings. The van der Waals surface area contributed by atoms with Gasteiger partial charge in [0.15, 0.2) is 0 Å². The Balaban J connectivity index is 1.35. The Morgan fingerprint density at radius 2 is 1.63 bits per heavy atom. The molecule has 0 bridgehead atoms. The average molecular weight is 577 g/mol. The van der Waals surface area contributed by atoms with Crippen LogP contribution in [0.1, 0.15) is 50.9 Å². The number of hydrogen-bond acceptors (Lipinski definition) is 5. The van der Waals surface area contributed by atoms with Gasteiger partial charge in [-0.1, -0.05) is 69.7 Å². The van der Waals surface area contributed by atoms with Gasteiger partial charge in [-0.2, -0.15) is 5.10 Å². The number of anilines is 3. The number of benzene rings is 3. The molecule has 3 aromatic carbocycles. The van der Waals surface area contributed by atoms with E-state index in [9.17, 15) is 9.59 Å². The van der Waals surface area contributed by atoms with E-state index in [1.165, 1.54) is 0 Å². The highest BCUT2D eigenvalue weighted by molar-refractivity contribution is 6.07. The number of urea groups is 1. The molecule has 0 aliphatic rings. The van der Waals surface area contributed by atoms with E-state index in [1.807, 2.05) is 79.7 Å². The van der Waals surface area contributed by atoms with Gasteiger partial charge in [-0.3, -0.25) is 10.1 Å². The molecule has 2 aromatic heterocycles. The SMILES string of the molecule is CCC(=O)Nc1cc(COc2ccc(NC(=O)Nc3cc(C(C)(C)C)nn3-c3ccc(C)cc3)c3ccccc23)ccn1. The second kappa shape index (κ2) is 12.4. The minimum Gasteiger partial charge on any atom is -0.488 e. The molecule has 0 saturated heterocycles. The van der Waals surface area contributed by atoms with Crippen molar-refractivity contribution in [3.63, 3.8) is 0 Å². The molecule has 3 amide bonds. The molecular weight excluding hydrogens is 540 g/mol. The molecule has 0 aliphatic carbocycles. The van der Waals surface area contributed by atoms with E-state index in [0.29, 0.717) is 29.5 Å². The molecule has 43 heavy (non-hydrogen) atoms. The third-order valence-corrected chi connectivity index (χ3v) is 6.94. The van der Waals surface area contributed by atoms with Crippen LogP contribution >= 0.6 is 0 Å². The van der Waals surface area contributed by atoms with Gasteiger partial charge in [0, 0.05) is 34.9 Å². The molecule has 220 valence electrons. The van der Waals surface area contributed by atoms with Crippen molar-refractivity contribution in [3.8, 4) is 11.4 Å². The number of rotatable bonds is 8. The van der Waals surface area contributed by atoms with Crippen LogP contribution in [-0.4, -0.2) is 26.7 Å². The maximum atomic E-state index is 13.3. The van der Waals surface area contributed by atoms with Gasteiger partial charge >= 0.3 is 6.03 Å². The van der Waals surface area contributed by atoms with Crippen LogP contribution < -0.4 is 20.7 Å². The third kappa shape index (κ3) is 7.01. The summed E-state index contributed by atoms with van der Waals surface area (Å²) in [6, 6.07) is 24.6. The number of pyridine rings is 1. The molecule has 2 heterocycles. The molecule has 5 rings (SSSR count). The zero-order valence-corrected chi connectivity index (χ0v) is 25.1. The van der Waals surface area contributed by atoms with Crippen molar-refractivity contribution >= 4 is 40.0 Å². The van der Waals surface area contributed by atoms with Crippen molar-refractivity contribution < 1.29 is 14.3 Å². The summed E-state index contributed by atoms with van der Waals surface area (Å²) in [4.78, 5) is 29.3. The van der Waals surface area contributed by atoms with E-state index in [-0.39, 0.29) is 24.0 Å². The van der Waals surface area contributed by atoms with Crippen LogP contribution in [0.15, 0.2) is 85.1 Å². The minimum absolute atomic E-state index is 0.0991. The van der Waals surface area contributed by atoms with Crippen LogP contribution in [0, 0.1) is 6.92 Å². The first kappa shape index (κ1) is 29.3. The Bertz CT molecular complexity index is 1770. The van der Waals surface area contributed by atoms with Gasteiger partial charge in [0.1, 0.15) is 24.0 Å². The molecule has 0 aliphatic heterocycles. The molecular formula is C34H36N6O3. The largest absolute Gasteiger partial charge is 0.488 e. The fourth-order valence-electron chi connectivity index (χ4n) is 4.52. The van der Waals surface area contributed by atoms with Gasteiger partial charge in [0.2, 0.25) is 5.91 Å². The fraction of sp³-hybridized carbons (Fsp3) is 0.235. The Morgan fingerprint density at radius 3 is 2.35 bits per heavy atom. The number of fused-ring (bicyclic) bond motifs is 1. The maximum absolute atomic E-state index is 13.3. The number of amides is 3. The minimum atomic E-state index is -0.383. The summed E-state index contributed by atoms with van der Waals surface area (Å²) < 4.78 is 7.93. The van der Waals surface area contributed by atoms with E-state index in [2.05, 4.69) is 41.7 Å². The quantitative estimate of drug-likeness (QED) is 0.176. The van der Waals surface area contributed by atoms with Crippen LogP contribution in [0.2, 0.25) is 0 Å². The first-order valence-electron chi connectivity index (χ1n) is 14.3. The predicted molar refractivity (Wildman–Crippen MR) is 171 cm³/mol. The second-order valence-corrected chi connectivity index (χ2v) is 11.4. The summed E-state index contributed by atoms with van der Waals surface area (Å²) in [6.45, 7) is 10.4. The van der Waals surface area contributed by atoms with Crippen molar-refractivity contribution in [1.29, 1.82) is 0 Å². The molecule has 0 unspecified atom stereocenters. The van der Waals surface area contributed by atoms with Crippen molar-refractivity contribution in [2.75, 3.05) is 16.0 Å². The van der Waals surface area contributed by atoms with E-state index in [0.717, 1.165) is 33.3 Å². The Hall–Kier alpha value is -5.18. The topological polar surface area (TPSA) is 110 Å². The average Bonchev–Trinajstić information content (AvgIpc) is 3.41. The molecule has 0 atom stereocenters. The number of carbonyl (C=O) groups is 2. The third-order valence-electron chi connectivity index (χ3n) is 6.94. The van der Waals surface area contributed by atoms with Crippen LogP contribution in [0.25, 0.3) is 16.5 Å². The van der Waals surface area contributed by atoms with Crippen LogP contribution in [0.4, 0.5) is 22.1 Å². The number of nitrogens with zero attached hydrogens (tertiary/aromatic N) is 3. The molecule has 0 fully saturated rings. The van der Waals surface area contributed by atoms with Gasteiger partial charge in [0.25, 0.3) is 0 Å². The highest BCUT2D eigenvalue weighted by Crippen LogP contribution is 2.33. The normalized spacial score (nSPS) is 11.3. The first-order valence-corrected chi connectivity index (χ1v) is 14.3. The Kier molecular flexibility index (Phi) is 8.43. The summed E-state index contributed by atoms with van der Waals surface area (Å²) in [5.74, 6) is 1.63. The zero-order chi connectivity index (χ0) is 30.6. The monoisotopic (exact) mass is 576 g/mol. The summed E-state index contributed by atoms with van der Waals surface area (Å²) in [5, 5.41) is 15.3. The Morgan fingerprint density at radius 1 is 0.884 bits per heavy atom. The highest BCUT2D eigenvalue weighted by atomic mass is 16.5. The van der Waals surface area contributed by atoms with Gasteiger partial charge < -0.3 is 15.4 Å². The summed E-state index contributed by atoms with van der Waals surface area (Å²) in [6.07, 6.45) is 2.02. The van der Waals surface area contributed by atoms with Gasteiger partial charge in [0.05, 0.1) is 17.1 Å². The van der Waals surface area contributed by atoms with E-state index in [1.54, 1.807) is 23.9 Å². The predicted octanol–water partition coefficient (Wildman–Crippen LogP) is 7.60. The number of aryl methyl sites for hydroxylation is 1. The van der Waals surface area contributed by atoms with Gasteiger partial charge in [-0.15, -0.1) is 0 Å². The number of ether oxygens (including phenoxy) is 1. The smallest absolute Gasteiger partial charge is 0.324 e. The van der Waals surface area contributed by atoms with E-state index >= 15 is 0 Å². The van der Waals surface area contributed by atoms with Crippen molar-refractivity contribution in [3.05, 3.63) is 102 Å². The lowest BCUT2D eigenvalue weighted by molar-refractivity contribution is -0.115.